The van der Waals surface area contributed by atoms with Crippen LogP contribution in [0.5, 0.6) is 17.2 Å². The monoisotopic (exact) mass is 470 g/mol. The summed E-state index contributed by atoms with van der Waals surface area (Å²) in [5.74, 6) is -0.0248. The van der Waals surface area contributed by atoms with Crippen molar-refractivity contribution in [3.05, 3.63) is 52.9 Å². The van der Waals surface area contributed by atoms with Crippen LogP contribution in [0.3, 0.4) is 0 Å². The molecule has 0 atom stereocenters. The van der Waals surface area contributed by atoms with Crippen molar-refractivity contribution >= 4 is 23.3 Å². The SMILES string of the molecule is CC(C)(C)OC(=O)Oc1ccc(-c2c(O)c3ccc(OC(=O)OC(C)(C)C)cc3oc2=O)cc1. The zero-order chi connectivity index (χ0) is 25.3. The van der Waals surface area contributed by atoms with E-state index in [9.17, 15) is 19.5 Å². The lowest BCUT2D eigenvalue weighted by Crippen LogP contribution is -2.26. The molecule has 1 N–H and O–H groups in total. The first-order valence-corrected chi connectivity index (χ1v) is 10.4. The van der Waals surface area contributed by atoms with E-state index in [1.807, 2.05) is 0 Å². The van der Waals surface area contributed by atoms with Crippen molar-refractivity contribution in [2.45, 2.75) is 52.7 Å². The fourth-order valence-electron chi connectivity index (χ4n) is 2.91. The molecule has 2 aromatic carbocycles. The van der Waals surface area contributed by atoms with Gasteiger partial charge in [-0.05, 0) is 71.4 Å². The molecule has 9 nitrogen and oxygen atoms in total. The van der Waals surface area contributed by atoms with E-state index < -0.39 is 29.1 Å². The molecule has 1 heterocycles. The summed E-state index contributed by atoms with van der Waals surface area (Å²) in [4.78, 5) is 36.3. The lowest BCUT2D eigenvalue weighted by molar-refractivity contribution is 0.0193. The van der Waals surface area contributed by atoms with Gasteiger partial charge in [0, 0.05) is 6.07 Å². The number of carbonyl (C=O) groups is 2. The Morgan fingerprint density at radius 1 is 0.794 bits per heavy atom. The first-order valence-electron chi connectivity index (χ1n) is 10.4. The zero-order valence-electron chi connectivity index (χ0n) is 19.8. The van der Waals surface area contributed by atoms with Crippen LogP contribution in [0.2, 0.25) is 0 Å². The summed E-state index contributed by atoms with van der Waals surface area (Å²) in [6.45, 7) is 10.2. The molecule has 34 heavy (non-hydrogen) atoms. The number of ether oxygens (including phenoxy) is 4. The highest BCUT2D eigenvalue weighted by atomic mass is 16.7. The van der Waals surface area contributed by atoms with Crippen LogP contribution in [0, 0.1) is 0 Å². The Labute approximate surface area is 195 Å². The highest BCUT2D eigenvalue weighted by molar-refractivity contribution is 5.91. The normalized spacial score (nSPS) is 11.7. The van der Waals surface area contributed by atoms with Crippen LogP contribution in [-0.4, -0.2) is 28.6 Å². The highest BCUT2D eigenvalue weighted by Crippen LogP contribution is 2.35. The van der Waals surface area contributed by atoms with Crippen molar-refractivity contribution in [3.8, 4) is 28.4 Å². The first-order chi connectivity index (χ1) is 15.7. The summed E-state index contributed by atoms with van der Waals surface area (Å²) < 4.78 is 25.8. The summed E-state index contributed by atoms with van der Waals surface area (Å²) in [5, 5.41) is 11.0. The van der Waals surface area contributed by atoms with Gasteiger partial charge in [-0.25, -0.2) is 14.4 Å². The molecule has 9 heteroatoms. The molecule has 0 fully saturated rings. The summed E-state index contributed by atoms with van der Waals surface area (Å²) in [6.07, 6.45) is -1.78. The molecule has 0 aliphatic rings. The number of hydrogen-bond acceptors (Lipinski definition) is 9. The van der Waals surface area contributed by atoms with Gasteiger partial charge in [-0.3, -0.25) is 0 Å². The third kappa shape index (κ3) is 6.28. The minimum atomic E-state index is -0.913. The lowest BCUT2D eigenvalue weighted by atomic mass is 10.0. The van der Waals surface area contributed by atoms with Gasteiger partial charge in [-0.1, -0.05) is 12.1 Å². The molecule has 0 unspecified atom stereocenters. The van der Waals surface area contributed by atoms with Gasteiger partial charge in [-0.15, -0.1) is 0 Å². The van der Waals surface area contributed by atoms with Gasteiger partial charge in [0.25, 0.3) is 0 Å². The molecule has 0 spiro atoms. The van der Waals surface area contributed by atoms with Gasteiger partial charge < -0.3 is 28.5 Å². The Balaban J connectivity index is 1.85. The van der Waals surface area contributed by atoms with Crippen molar-refractivity contribution in [3.63, 3.8) is 0 Å². The fraction of sp³-hybridized carbons (Fsp3) is 0.320. The van der Waals surface area contributed by atoms with Gasteiger partial charge in [0.05, 0.1) is 5.39 Å². The topological polar surface area (TPSA) is 122 Å². The number of aromatic hydroxyl groups is 1. The van der Waals surface area contributed by atoms with E-state index in [1.54, 1.807) is 41.5 Å². The second kappa shape index (κ2) is 9.09. The smallest absolute Gasteiger partial charge is 0.506 e. The van der Waals surface area contributed by atoms with Crippen molar-refractivity contribution in [1.29, 1.82) is 0 Å². The van der Waals surface area contributed by atoms with E-state index in [0.29, 0.717) is 5.56 Å². The second-order valence-corrected chi connectivity index (χ2v) is 9.43. The van der Waals surface area contributed by atoms with Crippen LogP contribution in [0.4, 0.5) is 9.59 Å². The molecule has 0 aliphatic heterocycles. The maximum Gasteiger partial charge on any atom is 0.514 e. The van der Waals surface area contributed by atoms with Crippen LogP contribution < -0.4 is 15.1 Å². The lowest BCUT2D eigenvalue weighted by Gasteiger charge is -2.18. The van der Waals surface area contributed by atoms with Crippen molar-refractivity contribution < 1.29 is 38.1 Å². The van der Waals surface area contributed by atoms with E-state index in [4.69, 9.17) is 23.4 Å². The van der Waals surface area contributed by atoms with Gasteiger partial charge in [0.15, 0.2) is 0 Å². The average Bonchev–Trinajstić information content (AvgIpc) is 2.66. The summed E-state index contributed by atoms with van der Waals surface area (Å²) in [7, 11) is 0. The predicted molar refractivity (Wildman–Crippen MR) is 123 cm³/mol. The Morgan fingerprint density at radius 3 is 1.82 bits per heavy atom. The highest BCUT2D eigenvalue weighted by Gasteiger charge is 2.21. The van der Waals surface area contributed by atoms with Gasteiger partial charge >= 0.3 is 17.9 Å². The van der Waals surface area contributed by atoms with E-state index in [-0.39, 0.29) is 33.8 Å². The molecule has 1 aromatic heterocycles. The van der Waals surface area contributed by atoms with Crippen LogP contribution in [0.15, 0.2) is 51.7 Å². The summed E-state index contributed by atoms with van der Waals surface area (Å²) >= 11 is 0. The van der Waals surface area contributed by atoms with Gasteiger partial charge in [0.2, 0.25) is 0 Å². The van der Waals surface area contributed by atoms with Crippen molar-refractivity contribution in [2.75, 3.05) is 0 Å². The molecule has 3 rings (SSSR count). The van der Waals surface area contributed by atoms with E-state index in [0.717, 1.165) is 0 Å². The van der Waals surface area contributed by atoms with Gasteiger partial charge in [0.1, 0.15) is 39.6 Å². The standard InChI is InChI=1S/C25H26O9/c1-24(2,3)33-22(28)30-15-9-7-14(8-10-15)19-20(26)17-12-11-16(13-18(17)32-21(19)27)31-23(29)34-25(4,5)6/h7-13,26H,1-6H3. The van der Waals surface area contributed by atoms with Gasteiger partial charge in [-0.2, -0.15) is 0 Å². The molecule has 180 valence electrons. The van der Waals surface area contributed by atoms with E-state index >= 15 is 0 Å². The molecular formula is C25H26O9. The molecule has 0 radical (unpaired) electrons. The molecule has 0 saturated heterocycles. The Hall–Kier alpha value is -4.01. The fourth-order valence-corrected chi connectivity index (χ4v) is 2.91. The number of rotatable bonds is 3. The maximum atomic E-state index is 12.6. The third-order valence-corrected chi connectivity index (χ3v) is 4.18. The maximum absolute atomic E-state index is 12.6. The first kappa shape index (κ1) is 24.6. The summed E-state index contributed by atoms with van der Waals surface area (Å²) in [5.41, 5.74) is -1.94. The van der Waals surface area contributed by atoms with Crippen molar-refractivity contribution in [1.82, 2.24) is 0 Å². The minimum Gasteiger partial charge on any atom is -0.506 e. The Morgan fingerprint density at radius 2 is 1.29 bits per heavy atom. The molecule has 0 aliphatic carbocycles. The minimum absolute atomic E-state index is 0.0252. The van der Waals surface area contributed by atoms with Crippen LogP contribution >= 0.6 is 0 Å². The number of fused-ring (bicyclic) bond motifs is 1. The molecule has 0 saturated carbocycles. The largest absolute Gasteiger partial charge is 0.514 e. The predicted octanol–water partition coefficient (Wildman–Crippen LogP) is 5.79. The number of hydrogen-bond donors (Lipinski definition) is 1. The Bertz CT molecular complexity index is 1270. The van der Waals surface area contributed by atoms with Crippen LogP contribution in [0.25, 0.3) is 22.1 Å². The quantitative estimate of drug-likeness (QED) is 0.288. The van der Waals surface area contributed by atoms with E-state index in [2.05, 4.69) is 0 Å². The second-order valence-electron chi connectivity index (χ2n) is 9.43. The van der Waals surface area contributed by atoms with Crippen LogP contribution in [-0.2, 0) is 9.47 Å². The molecule has 0 amide bonds. The Kier molecular flexibility index (Phi) is 6.58. The number of benzene rings is 2. The average molecular weight is 470 g/mol. The third-order valence-electron chi connectivity index (χ3n) is 4.18. The van der Waals surface area contributed by atoms with E-state index in [1.165, 1.54) is 42.5 Å². The summed E-state index contributed by atoms with van der Waals surface area (Å²) in [6, 6.07) is 10.1. The molecule has 3 aromatic rings. The molecular weight excluding hydrogens is 444 g/mol. The zero-order valence-corrected chi connectivity index (χ0v) is 19.8. The van der Waals surface area contributed by atoms with Crippen molar-refractivity contribution in [2.24, 2.45) is 0 Å². The van der Waals surface area contributed by atoms with Crippen LogP contribution in [0.1, 0.15) is 41.5 Å². The number of carbonyl (C=O) groups excluding carboxylic acids is 2. The molecule has 0 bridgehead atoms.